The van der Waals surface area contributed by atoms with Crippen LogP contribution in [0.4, 0.5) is 0 Å². The van der Waals surface area contributed by atoms with Gasteiger partial charge in [-0.05, 0) is 36.8 Å². The van der Waals surface area contributed by atoms with Crippen molar-refractivity contribution < 1.29 is 0 Å². The van der Waals surface area contributed by atoms with Gasteiger partial charge in [0.05, 0.1) is 11.7 Å². The fourth-order valence-electron chi connectivity index (χ4n) is 2.39. The Bertz CT molecular complexity index is 348. The van der Waals surface area contributed by atoms with Crippen LogP contribution >= 0.6 is 0 Å². The van der Waals surface area contributed by atoms with E-state index in [4.69, 9.17) is 0 Å². The molecule has 3 unspecified atom stereocenters. The second kappa shape index (κ2) is 3.06. The molecule has 0 bridgehead atoms. The Morgan fingerprint density at radius 2 is 2.36 bits per heavy atom. The van der Waals surface area contributed by atoms with E-state index in [1.54, 1.807) is 0 Å². The maximum atomic E-state index is 4.48. The predicted octanol–water partition coefficient (Wildman–Crippen LogP) is 2.07. The number of hydrogen-bond donors (Lipinski definition) is 1. The van der Waals surface area contributed by atoms with Crippen molar-refractivity contribution in [1.29, 1.82) is 0 Å². The van der Waals surface area contributed by atoms with Crippen molar-refractivity contribution in [3.05, 3.63) is 29.6 Å². The Labute approximate surface area is 84.7 Å². The van der Waals surface area contributed by atoms with E-state index in [0.717, 1.165) is 12.0 Å². The van der Waals surface area contributed by atoms with Crippen LogP contribution in [0.2, 0.25) is 0 Å². The molecule has 3 atom stereocenters. The minimum absolute atomic E-state index is 0.529. The molecule has 1 fully saturated rings. The fourth-order valence-corrected chi connectivity index (χ4v) is 2.39. The summed E-state index contributed by atoms with van der Waals surface area (Å²) in [5.74, 6) is 0.878. The summed E-state index contributed by atoms with van der Waals surface area (Å²) in [7, 11) is 0. The highest BCUT2D eigenvalue weighted by atomic mass is 15.0. The molecule has 0 aliphatic heterocycles. The molecule has 1 heterocycles. The average molecular weight is 188 g/mol. The number of aryl methyl sites for hydroxylation is 1. The molecule has 1 aromatic heterocycles. The van der Waals surface area contributed by atoms with Gasteiger partial charge < -0.3 is 5.32 Å². The smallest absolute Gasteiger partial charge is 0.0605 e. The van der Waals surface area contributed by atoms with Gasteiger partial charge in [0.25, 0.3) is 0 Å². The summed E-state index contributed by atoms with van der Waals surface area (Å²) in [5.41, 5.74) is 2.74. The van der Waals surface area contributed by atoms with E-state index in [9.17, 15) is 0 Å². The van der Waals surface area contributed by atoms with Gasteiger partial charge in [0.1, 0.15) is 0 Å². The van der Waals surface area contributed by atoms with Gasteiger partial charge in [0, 0.05) is 12.2 Å². The molecule has 0 spiro atoms. The van der Waals surface area contributed by atoms with Crippen LogP contribution in [0, 0.1) is 5.92 Å². The molecular weight excluding hydrogens is 172 g/mol. The van der Waals surface area contributed by atoms with Crippen molar-refractivity contribution in [2.24, 2.45) is 5.92 Å². The molecule has 1 N–H and O–H groups in total. The Morgan fingerprint density at radius 3 is 3.14 bits per heavy atom. The number of nitrogens with one attached hydrogen (secondary N) is 1. The lowest BCUT2D eigenvalue weighted by Crippen LogP contribution is -2.23. The maximum Gasteiger partial charge on any atom is 0.0605 e. The van der Waals surface area contributed by atoms with Crippen LogP contribution in [-0.2, 0) is 6.42 Å². The molecule has 0 aromatic carbocycles. The fraction of sp³-hybridized carbons (Fsp3) is 0.583. The largest absolute Gasteiger partial charge is 0.306 e. The molecule has 14 heavy (non-hydrogen) atoms. The van der Waals surface area contributed by atoms with Crippen LogP contribution in [0.15, 0.2) is 18.3 Å². The van der Waals surface area contributed by atoms with Crippen molar-refractivity contribution in [2.75, 3.05) is 0 Å². The van der Waals surface area contributed by atoms with Gasteiger partial charge in [-0.2, -0.15) is 0 Å². The first-order valence-corrected chi connectivity index (χ1v) is 5.54. The van der Waals surface area contributed by atoms with E-state index in [0.29, 0.717) is 6.04 Å². The first-order chi connectivity index (χ1) is 6.84. The molecule has 2 nitrogen and oxygen atoms in total. The van der Waals surface area contributed by atoms with E-state index >= 15 is 0 Å². The normalized spacial score (nSPS) is 34.2. The van der Waals surface area contributed by atoms with Crippen LogP contribution in [0.1, 0.15) is 37.1 Å². The number of pyridine rings is 1. The lowest BCUT2D eigenvalue weighted by molar-refractivity contribution is 0.505. The number of hydrogen-bond acceptors (Lipinski definition) is 2. The summed E-state index contributed by atoms with van der Waals surface area (Å²) in [6.45, 7) is 2.31. The lowest BCUT2D eigenvalue weighted by Gasteiger charge is -2.12. The van der Waals surface area contributed by atoms with Gasteiger partial charge >= 0.3 is 0 Å². The van der Waals surface area contributed by atoms with Crippen molar-refractivity contribution in [3.63, 3.8) is 0 Å². The number of rotatable bonds is 2. The van der Waals surface area contributed by atoms with Gasteiger partial charge in [-0.15, -0.1) is 0 Å². The van der Waals surface area contributed by atoms with Crippen LogP contribution in [0.5, 0.6) is 0 Å². The van der Waals surface area contributed by atoms with E-state index < -0.39 is 0 Å². The number of aromatic nitrogens is 1. The number of fused-ring (bicyclic) bond motifs is 1. The molecular formula is C12H16N2. The molecule has 1 saturated carbocycles. The Kier molecular flexibility index (Phi) is 1.84. The minimum Gasteiger partial charge on any atom is -0.306 e. The third-order valence-corrected chi connectivity index (χ3v) is 3.48. The monoisotopic (exact) mass is 188 g/mol. The zero-order valence-electron chi connectivity index (χ0n) is 8.53. The quantitative estimate of drug-likeness (QED) is 0.768. The summed E-state index contributed by atoms with van der Waals surface area (Å²) >= 11 is 0. The SMILES string of the molecule is CC1CC1NC1CCc2cccnc21. The van der Waals surface area contributed by atoms with Crippen LogP contribution in [0.25, 0.3) is 0 Å². The van der Waals surface area contributed by atoms with Gasteiger partial charge in [-0.3, -0.25) is 4.98 Å². The molecule has 0 radical (unpaired) electrons. The molecule has 0 saturated heterocycles. The zero-order chi connectivity index (χ0) is 9.54. The van der Waals surface area contributed by atoms with Crippen molar-refractivity contribution >= 4 is 0 Å². The Balaban J connectivity index is 1.77. The van der Waals surface area contributed by atoms with E-state index in [1.807, 2.05) is 12.3 Å². The van der Waals surface area contributed by atoms with E-state index in [2.05, 4.69) is 23.3 Å². The summed E-state index contributed by atoms with van der Waals surface area (Å²) < 4.78 is 0. The average Bonchev–Trinajstić information content (AvgIpc) is 2.75. The number of nitrogens with zero attached hydrogens (tertiary/aromatic N) is 1. The topological polar surface area (TPSA) is 24.9 Å². The first kappa shape index (κ1) is 8.42. The van der Waals surface area contributed by atoms with Crippen LogP contribution in [-0.4, -0.2) is 11.0 Å². The summed E-state index contributed by atoms with van der Waals surface area (Å²) in [4.78, 5) is 4.48. The standard InChI is InChI=1S/C12H16N2/c1-8-7-11(8)14-10-5-4-9-3-2-6-13-12(9)10/h2-3,6,8,10-11,14H,4-5,7H2,1H3. The van der Waals surface area contributed by atoms with E-state index in [1.165, 1.54) is 30.5 Å². The molecule has 2 aliphatic carbocycles. The molecule has 74 valence electrons. The van der Waals surface area contributed by atoms with E-state index in [-0.39, 0.29) is 0 Å². The molecule has 3 rings (SSSR count). The summed E-state index contributed by atoms with van der Waals surface area (Å²) in [6.07, 6.45) is 5.69. The molecule has 2 aliphatic rings. The highest BCUT2D eigenvalue weighted by Crippen LogP contribution is 2.35. The highest BCUT2D eigenvalue weighted by molar-refractivity contribution is 5.28. The predicted molar refractivity (Wildman–Crippen MR) is 56.0 cm³/mol. The molecule has 2 heteroatoms. The van der Waals surface area contributed by atoms with Gasteiger partial charge in [-0.25, -0.2) is 0 Å². The Hall–Kier alpha value is -0.890. The van der Waals surface area contributed by atoms with Crippen molar-refractivity contribution in [3.8, 4) is 0 Å². The lowest BCUT2D eigenvalue weighted by atomic mass is 10.2. The minimum atomic E-state index is 0.529. The third-order valence-electron chi connectivity index (χ3n) is 3.48. The first-order valence-electron chi connectivity index (χ1n) is 5.54. The van der Waals surface area contributed by atoms with Crippen molar-refractivity contribution in [1.82, 2.24) is 10.3 Å². The second-order valence-corrected chi connectivity index (χ2v) is 4.63. The van der Waals surface area contributed by atoms with Crippen LogP contribution < -0.4 is 5.32 Å². The highest BCUT2D eigenvalue weighted by Gasteiger charge is 2.36. The molecule has 0 amide bonds. The molecule has 1 aromatic rings. The van der Waals surface area contributed by atoms with Gasteiger partial charge in [-0.1, -0.05) is 13.0 Å². The summed E-state index contributed by atoms with van der Waals surface area (Å²) in [6, 6.07) is 5.54. The maximum absolute atomic E-state index is 4.48. The van der Waals surface area contributed by atoms with Crippen LogP contribution in [0.3, 0.4) is 0 Å². The van der Waals surface area contributed by atoms with Crippen molar-refractivity contribution in [2.45, 2.75) is 38.3 Å². The second-order valence-electron chi connectivity index (χ2n) is 4.63. The van der Waals surface area contributed by atoms with Gasteiger partial charge in [0.15, 0.2) is 0 Å². The summed E-state index contributed by atoms with van der Waals surface area (Å²) in [5, 5.41) is 3.70. The Morgan fingerprint density at radius 1 is 1.50 bits per heavy atom. The van der Waals surface area contributed by atoms with Gasteiger partial charge in [0.2, 0.25) is 0 Å². The zero-order valence-corrected chi connectivity index (χ0v) is 8.53. The third kappa shape index (κ3) is 1.34.